The van der Waals surface area contributed by atoms with Crippen LogP contribution in [0, 0.1) is 0 Å². The summed E-state index contributed by atoms with van der Waals surface area (Å²) in [6.45, 7) is 2.72. The van der Waals surface area contributed by atoms with Gasteiger partial charge < -0.3 is 15.3 Å². The zero-order valence-corrected chi connectivity index (χ0v) is 13.5. The van der Waals surface area contributed by atoms with Gasteiger partial charge in [0, 0.05) is 19.5 Å². The molecule has 1 unspecified atom stereocenters. The predicted octanol–water partition coefficient (Wildman–Crippen LogP) is 2.28. The molecule has 3 rings (SSSR count). The molecule has 1 atom stereocenters. The largest absolute Gasteiger partial charge is 0.465 e. The third kappa shape index (κ3) is 3.24. The van der Waals surface area contributed by atoms with E-state index in [1.54, 1.807) is 6.20 Å². The van der Waals surface area contributed by atoms with Gasteiger partial charge in [-0.25, -0.2) is 9.59 Å². The lowest BCUT2D eigenvalue weighted by Gasteiger charge is -2.16. The van der Waals surface area contributed by atoms with Crippen molar-refractivity contribution in [2.75, 3.05) is 13.1 Å². The van der Waals surface area contributed by atoms with Crippen molar-refractivity contribution < 1.29 is 14.7 Å². The minimum atomic E-state index is -0.929. The quantitative estimate of drug-likeness (QED) is 0.885. The Kier molecular flexibility index (Phi) is 4.50. The molecule has 0 aliphatic carbocycles. The topological polar surface area (TPSA) is 87.5 Å². The SMILES string of the molecule is CC(NC(=O)n1ncc2c1CCN(C(=O)O)CC2)c1ccccc1. The Morgan fingerprint density at radius 1 is 1.21 bits per heavy atom. The van der Waals surface area contributed by atoms with Crippen molar-refractivity contribution in [2.45, 2.75) is 25.8 Å². The van der Waals surface area contributed by atoms with E-state index in [4.69, 9.17) is 5.11 Å². The molecule has 24 heavy (non-hydrogen) atoms. The number of fused-ring (bicyclic) bond motifs is 1. The van der Waals surface area contributed by atoms with Crippen molar-refractivity contribution in [2.24, 2.45) is 0 Å². The average Bonchev–Trinajstić information content (AvgIpc) is 2.86. The second kappa shape index (κ2) is 6.74. The Labute approximate surface area is 139 Å². The maximum absolute atomic E-state index is 12.5. The lowest BCUT2D eigenvalue weighted by atomic mass is 10.1. The normalized spacial score (nSPS) is 15.3. The van der Waals surface area contributed by atoms with Crippen LogP contribution >= 0.6 is 0 Å². The van der Waals surface area contributed by atoms with E-state index in [9.17, 15) is 9.59 Å². The van der Waals surface area contributed by atoms with Crippen LogP contribution in [0.15, 0.2) is 36.5 Å². The van der Waals surface area contributed by atoms with Crippen LogP contribution < -0.4 is 5.32 Å². The number of nitrogens with one attached hydrogen (secondary N) is 1. The third-order valence-corrected chi connectivity index (χ3v) is 4.33. The monoisotopic (exact) mass is 328 g/mol. The molecule has 0 saturated heterocycles. The van der Waals surface area contributed by atoms with Gasteiger partial charge in [-0.3, -0.25) is 0 Å². The highest BCUT2D eigenvalue weighted by Crippen LogP contribution is 2.17. The Balaban J connectivity index is 1.73. The fraction of sp³-hybridized carbons (Fsp3) is 0.353. The van der Waals surface area contributed by atoms with Gasteiger partial charge in [-0.05, 0) is 24.5 Å². The molecule has 2 N–H and O–H groups in total. The molecule has 0 spiro atoms. The highest BCUT2D eigenvalue weighted by molar-refractivity contribution is 5.77. The lowest BCUT2D eigenvalue weighted by molar-refractivity contribution is 0.147. The minimum Gasteiger partial charge on any atom is -0.465 e. The van der Waals surface area contributed by atoms with E-state index in [1.807, 2.05) is 37.3 Å². The van der Waals surface area contributed by atoms with Crippen molar-refractivity contribution in [3.05, 3.63) is 53.3 Å². The summed E-state index contributed by atoms with van der Waals surface area (Å²) >= 11 is 0. The minimum absolute atomic E-state index is 0.139. The molecule has 0 radical (unpaired) electrons. The van der Waals surface area contributed by atoms with E-state index in [-0.39, 0.29) is 12.1 Å². The number of aromatic nitrogens is 2. The second-order valence-electron chi connectivity index (χ2n) is 5.88. The Bertz CT molecular complexity index is 742. The maximum atomic E-state index is 12.5. The number of carbonyl (C=O) groups is 2. The first-order valence-electron chi connectivity index (χ1n) is 7.95. The van der Waals surface area contributed by atoms with Crippen LogP contribution in [-0.2, 0) is 12.8 Å². The van der Waals surface area contributed by atoms with Gasteiger partial charge in [-0.2, -0.15) is 9.78 Å². The zero-order chi connectivity index (χ0) is 17.1. The first-order chi connectivity index (χ1) is 11.6. The molecule has 126 valence electrons. The molecule has 0 bridgehead atoms. The highest BCUT2D eigenvalue weighted by atomic mass is 16.4. The number of rotatable bonds is 2. The summed E-state index contributed by atoms with van der Waals surface area (Å²) in [7, 11) is 0. The molecule has 7 nitrogen and oxygen atoms in total. The molecule has 0 saturated carbocycles. The molecule has 2 heterocycles. The maximum Gasteiger partial charge on any atom is 0.407 e. The molecule has 7 heteroatoms. The highest BCUT2D eigenvalue weighted by Gasteiger charge is 2.23. The van der Waals surface area contributed by atoms with E-state index in [1.165, 1.54) is 9.58 Å². The predicted molar refractivity (Wildman–Crippen MR) is 88.0 cm³/mol. The summed E-state index contributed by atoms with van der Waals surface area (Å²) in [5.41, 5.74) is 2.74. The Morgan fingerprint density at radius 3 is 2.62 bits per heavy atom. The average molecular weight is 328 g/mol. The molecule has 2 aromatic rings. The molecular weight excluding hydrogens is 308 g/mol. The summed E-state index contributed by atoms with van der Waals surface area (Å²) in [5.74, 6) is 0. The van der Waals surface area contributed by atoms with Gasteiger partial charge >= 0.3 is 12.1 Å². The van der Waals surface area contributed by atoms with E-state index in [2.05, 4.69) is 10.4 Å². The summed E-state index contributed by atoms with van der Waals surface area (Å²) < 4.78 is 1.36. The van der Waals surface area contributed by atoms with E-state index in [0.29, 0.717) is 25.9 Å². The van der Waals surface area contributed by atoms with Crippen LogP contribution in [0.3, 0.4) is 0 Å². The van der Waals surface area contributed by atoms with Crippen molar-refractivity contribution in [1.29, 1.82) is 0 Å². The van der Waals surface area contributed by atoms with E-state index >= 15 is 0 Å². The first kappa shape index (κ1) is 16.0. The first-order valence-corrected chi connectivity index (χ1v) is 7.95. The van der Waals surface area contributed by atoms with Crippen molar-refractivity contribution in [1.82, 2.24) is 20.0 Å². The summed E-state index contributed by atoms with van der Waals surface area (Å²) in [6, 6.07) is 9.27. The fourth-order valence-electron chi connectivity index (χ4n) is 2.93. The van der Waals surface area contributed by atoms with Gasteiger partial charge in [-0.1, -0.05) is 30.3 Å². The second-order valence-corrected chi connectivity index (χ2v) is 5.88. The van der Waals surface area contributed by atoms with Gasteiger partial charge in [0.15, 0.2) is 0 Å². The number of amides is 2. The summed E-state index contributed by atoms with van der Waals surface area (Å²) in [6.07, 6.45) is 1.78. The molecule has 2 amide bonds. The molecule has 1 aromatic carbocycles. The van der Waals surface area contributed by atoms with Crippen LogP contribution in [-0.4, -0.2) is 45.0 Å². The van der Waals surface area contributed by atoms with Crippen LogP contribution in [0.4, 0.5) is 9.59 Å². The van der Waals surface area contributed by atoms with Crippen molar-refractivity contribution in [3.63, 3.8) is 0 Å². The van der Waals surface area contributed by atoms with Crippen LogP contribution in [0.25, 0.3) is 0 Å². The summed E-state index contributed by atoms with van der Waals surface area (Å²) in [5, 5.41) is 16.3. The standard InChI is InChI=1S/C17H20N4O3/c1-12(13-5-3-2-4-6-13)19-16(22)21-15-8-10-20(17(23)24)9-7-14(15)11-18-21/h2-6,11-12H,7-10H2,1H3,(H,19,22)(H,23,24). The lowest BCUT2D eigenvalue weighted by Crippen LogP contribution is -2.34. The summed E-state index contributed by atoms with van der Waals surface area (Å²) in [4.78, 5) is 25.0. The van der Waals surface area contributed by atoms with Gasteiger partial charge in [0.1, 0.15) is 0 Å². The van der Waals surface area contributed by atoms with E-state index < -0.39 is 6.09 Å². The Hall–Kier alpha value is -2.83. The van der Waals surface area contributed by atoms with Gasteiger partial charge in [0.2, 0.25) is 0 Å². The zero-order valence-electron chi connectivity index (χ0n) is 13.5. The third-order valence-electron chi connectivity index (χ3n) is 4.33. The molecule has 1 aliphatic heterocycles. The van der Waals surface area contributed by atoms with Gasteiger partial charge in [-0.15, -0.1) is 0 Å². The van der Waals surface area contributed by atoms with Crippen molar-refractivity contribution in [3.8, 4) is 0 Å². The number of hydrogen-bond acceptors (Lipinski definition) is 3. The number of hydrogen-bond donors (Lipinski definition) is 2. The van der Waals surface area contributed by atoms with Gasteiger partial charge in [0.25, 0.3) is 0 Å². The number of carbonyl (C=O) groups excluding carboxylic acids is 1. The molecule has 0 fully saturated rings. The number of carboxylic acid groups (broad SMARTS) is 1. The van der Waals surface area contributed by atoms with Gasteiger partial charge in [0.05, 0.1) is 17.9 Å². The van der Waals surface area contributed by atoms with Crippen LogP contribution in [0.2, 0.25) is 0 Å². The number of nitrogens with zero attached hydrogens (tertiary/aromatic N) is 3. The smallest absolute Gasteiger partial charge is 0.407 e. The number of benzene rings is 1. The van der Waals surface area contributed by atoms with Crippen LogP contribution in [0.1, 0.15) is 29.8 Å². The molecular formula is C17H20N4O3. The molecule has 1 aliphatic rings. The van der Waals surface area contributed by atoms with E-state index in [0.717, 1.165) is 16.8 Å². The Morgan fingerprint density at radius 2 is 1.92 bits per heavy atom. The molecule has 1 aromatic heterocycles. The fourth-order valence-corrected chi connectivity index (χ4v) is 2.93. The van der Waals surface area contributed by atoms with Crippen LogP contribution in [0.5, 0.6) is 0 Å². The van der Waals surface area contributed by atoms with Crippen molar-refractivity contribution >= 4 is 12.1 Å².